The van der Waals surface area contributed by atoms with Crippen molar-refractivity contribution in [2.45, 2.75) is 19.4 Å². The van der Waals surface area contributed by atoms with Crippen LogP contribution in [0.15, 0.2) is 29.1 Å². The molecule has 5 nitrogen and oxygen atoms in total. The summed E-state index contributed by atoms with van der Waals surface area (Å²) in [4.78, 5) is 19.7. The first-order valence-corrected chi connectivity index (χ1v) is 8.73. The van der Waals surface area contributed by atoms with Crippen molar-refractivity contribution >= 4 is 17.7 Å². The summed E-state index contributed by atoms with van der Waals surface area (Å²) in [6.07, 6.45) is 3.67. The molecular weight excluding hydrogens is 298 g/mol. The molecule has 2 aromatic rings. The number of benzene rings is 1. The second kappa shape index (κ2) is 6.87. The van der Waals surface area contributed by atoms with Crippen molar-refractivity contribution in [1.29, 1.82) is 0 Å². The van der Waals surface area contributed by atoms with Crippen LogP contribution in [0, 0.1) is 0 Å². The topological polar surface area (TPSA) is 67.0 Å². The molecule has 116 valence electrons. The zero-order chi connectivity index (χ0) is 15.4. The molecule has 1 aromatic heterocycles. The molecule has 1 aliphatic heterocycles. The van der Waals surface area contributed by atoms with Gasteiger partial charge in [-0.3, -0.25) is 9.78 Å². The Morgan fingerprint density at radius 1 is 1.41 bits per heavy atom. The molecule has 0 saturated carbocycles. The molecule has 0 saturated heterocycles. The molecule has 0 unspecified atom stereocenters. The summed E-state index contributed by atoms with van der Waals surface area (Å²) < 4.78 is 5.78. The van der Waals surface area contributed by atoms with Crippen molar-refractivity contribution in [2.75, 3.05) is 23.9 Å². The van der Waals surface area contributed by atoms with Gasteiger partial charge in [0.15, 0.2) is 0 Å². The maximum atomic E-state index is 12.3. The summed E-state index contributed by atoms with van der Waals surface area (Å²) in [5, 5.41) is 3.18. The normalized spacial score (nSPS) is 12.8. The van der Waals surface area contributed by atoms with Crippen LogP contribution in [0.5, 0.6) is 5.75 Å². The third-order valence-corrected chi connectivity index (χ3v) is 4.32. The van der Waals surface area contributed by atoms with Crippen LogP contribution >= 0.6 is 11.8 Å². The molecule has 0 amide bonds. The van der Waals surface area contributed by atoms with Crippen LogP contribution in [0.4, 0.5) is 5.95 Å². The Kier molecular flexibility index (Phi) is 4.68. The van der Waals surface area contributed by atoms with Gasteiger partial charge in [0.2, 0.25) is 5.95 Å². The number of H-pyrrole nitrogens is 1. The number of nitrogens with zero attached hydrogens (tertiary/aromatic N) is 1. The Labute approximate surface area is 133 Å². The van der Waals surface area contributed by atoms with Gasteiger partial charge in [-0.25, -0.2) is 4.98 Å². The molecular formula is C16H19N3O2S. The molecule has 0 spiro atoms. The van der Waals surface area contributed by atoms with Crippen molar-refractivity contribution < 1.29 is 4.74 Å². The highest BCUT2D eigenvalue weighted by atomic mass is 32.2. The highest BCUT2D eigenvalue weighted by Gasteiger charge is 2.18. The first kappa shape index (κ1) is 15.0. The minimum absolute atomic E-state index is 0.0855. The largest absolute Gasteiger partial charge is 0.487 e. The van der Waals surface area contributed by atoms with Gasteiger partial charge in [0.25, 0.3) is 5.56 Å². The van der Waals surface area contributed by atoms with E-state index in [-0.39, 0.29) is 5.56 Å². The van der Waals surface area contributed by atoms with E-state index in [0.717, 1.165) is 30.0 Å². The average molecular weight is 317 g/mol. The van der Waals surface area contributed by atoms with E-state index in [1.807, 2.05) is 24.3 Å². The van der Waals surface area contributed by atoms with Gasteiger partial charge >= 0.3 is 0 Å². The monoisotopic (exact) mass is 317 g/mol. The van der Waals surface area contributed by atoms with Crippen LogP contribution in [-0.4, -0.2) is 28.5 Å². The summed E-state index contributed by atoms with van der Waals surface area (Å²) in [6.45, 7) is 1.12. The molecule has 2 heterocycles. The molecule has 0 aliphatic carbocycles. The third kappa shape index (κ3) is 3.27. The molecule has 0 bridgehead atoms. The minimum Gasteiger partial charge on any atom is -0.487 e. The lowest BCUT2D eigenvalue weighted by Gasteiger charge is -2.09. The number of nitrogens with one attached hydrogen (secondary N) is 2. The predicted octanol–water partition coefficient (Wildman–Crippen LogP) is 2.42. The van der Waals surface area contributed by atoms with Crippen LogP contribution in [0.3, 0.4) is 0 Å². The van der Waals surface area contributed by atoms with Gasteiger partial charge in [-0.2, -0.15) is 11.8 Å². The third-order valence-electron chi connectivity index (χ3n) is 3.62. The van der Waals surface area contributed by atoms with Gasteiger partial charge in [-0.05, 0) is 30.1 Å². The van der Waals surface area contributed by atoms with Crippen molar-refractivity contribution in [3.05, 3.63) is 51.4 Å². The number of thioether (sulfide) groups is 1. The van der Waals surface area contributed by atoms with Gasteiger partial charge in [0.1, 0.15) is 12.4 Å². The Morgan fingerprint density at radius 3 is 3.14 bits per heavy atom. The van der Waals surface area contributed by atoms with Gasteiger partial charge in [0.05, 0.1) is 5.69 Å². The van der Waals surface area contributed by atoms with Crippen molar-refractivity contribution in [3.8, 4) is 5.75 Å². The number of para-hydroxylation sites is 1. The number of fused-ring (bicyclic) bond motifs is 2. The van der Waals surface area contributed by atoms with E-state index in [0.29, 0.717) is 30.2 Å². The Hall–Kier alpha value is -1.95. The fraction of sp³-hybridized carbons (Fsp3) is 0.375. The molecule has 0 fully saturated rings. The Morgan fingerprint density at radius 2 is 2.27 bits per heavy atom. The SMILES string of the molecule is CSCCCNc1nc2c(c(=O)[nH]1)Cc1ccccc1OC2. The van der Waals surface area contributed by atoms with Crippen molar-refractivity contribution in [1.82, 2.24) is 9.97 Å². The molecule has 0 radical (unpaired) electrons. The lowest BCUT2D eigenvalue weighted by Crippen LogP contribution is -2.21. The lowest BCUT2D eigenvalue weighted by atomic mass is 10.1. The van der Waals surface area contributed by atoms with Crippen LogP contribution < -0.4 is 15.6 Å². The second-order valence-corrected chi connectivity index (χ2v) is 6.17. The van der Waals surface area contributed by atoms with E-state index in [9.17, 15) is 4.79 Å². The standard InChI is InChI=1S/C16H19N3O2S/c1-22-8-4-7-17-16-18-13-10-21-14-6-3-2-5-11(14)9-12(13)15(20)19-16/h2-3,5-6H,4,7-10H2,1H3,(H2,17,18,19,20). The van der Waals surface area contributed by atoms with E-state index < -0.39 is 0 Å². The summed E-state index contributed by atoms with van der Waals surface area (Å²) >= 11 is 1.81. The molecule has 1 aliphatic rings. The first-order chi connectivity index (χ1) is 10.8. The number of hydrogen-bond donors (Lipinski definition) is 2. The van der Waals surface area contributed by atoms with Crippen molar-refractivity contribution in [2.24, 2.45) is 0 Å². The van der Waals surface area contributed by atoms with E-state index in [1.165, 1.54) is 0 Å². The number of rotatable bonds is 5. The molecule has 0 atom stereocenters. The molecule has 22 heavy (non-hydrogen) atoms. The lowest BCUT2D eigenvalue weighted by molar-refractivity contribution is 0.302. The van der Waals surface area contributed by atoms with Crippen LogP contribution in [0.1, 0.15) is 23.2 Å². The highest BCUT2D eigenvalue weighted by molar-refractivity contribution is 7.98. The van der Waals surface area contributed by atoms with Gasteiger partial charge in [-0.15, -0.1) is 0 Å². The molecule has 3 rings (SSSR count). The van der Waals surface area contributed by atoms with Crippen LogP contribution in [-0.2, 0) is 13.0 Å². The van der Waals surface area contributed by atoms with E-state index in [4.69, 9.17) is 4.74 Å². The van der Waals surface area contributed by atoms with Gasteiger partial charge < -0.3 is 10.1 Å². The second-order valence-electron chi connectivity index (χ2n) is 5.19. The Balaban J connectivity index is 1.82. The maximum Gasteiger partial charge on any atom is 0.256 e. The Bertz CT molecular complexity index is 715. The number of aromatic nitrogens is 2. The highest BCUT2D eigenvalue weighted by Crippen LogP contribution is 2.25. The number of anilines is 1. The zero-order valence-electron chi connectivity index (χ0n) is 12.5. The fourth-order valence-electron chi connectivity index (χ4n) is 2.48. The first-order valence-electron chi connectivity index (χ1n) is 7.33. The molecule has 1 aromatic carbocycles. The molecule has 2 N–H and O–H groups in total. The summed E-state index contributed by atoms with van der Waals surface area (Å²) in [7, 11) is 0. The quantitative estimate of drug-likeness (QED) is 0.829. The van der Waals surface area contributed by atoms with E-state index >= 15 is 0 Å². The summed E-state index contributed by atoms with van der Waals surface area (Å²) in [5.41, 5.74) is 2.35. The smallest absolute Gasteiger partial charge is 0.256 e. The number of ether oxygens (including phenoxy) is 1. The molecule has 6 heteroatoms. The zero-order valence-corrected chi connectivity index (χ0v) is 13.3. The van der Waals surface area contributed by atoms with Crippen LogP contribution in [0.25, 0.3) is 0 Å². The van der Waals surface area contributed by atoms with Crippen molar-refractivity contribution in [3.63, 3.8) is 0 Å². The van der Waals surface area contributed by atoms with Crippen LogP contribution in [0.2, 0.25) is 0 Å². The maximum absolute atomic E-state index is 12.3. The van der Waals surface area contributed by atoms with Gasteiger partial charge in [-0.1, -0.05) is 18.2 Å². The number of aromatic amines is 1. The average Bonchev–Trinajstić information content (AvgIpc) is 2.72. The summed E-state index contributed by atoms with van der Waals surface area (Å²) in [6, 6.07) is 7.80. The predicted molar refractivity (Wildman–Crippen MR) is 89.9 cm³/mol. The fourth-order valence-corrected chi connectivity index (χ4v) is 2.91. The minimum atomic E-state index is -0.0855. The van der Waals surface area contributed by atoms with Gasteiger partial charge in [0, 0.05) is 18.5 Å². The number of hydrogen-bond acceptors (Lipinski definition) is 5. The van der Waals surface area contributed by atoms with E-state index in [2.05, 4.69) is 21.5 Å². The summed E-state index contributed by atoms with van der Waals surface area (Å²) in [5.74, 6) is 2.44. The van der Waals surface area contributed by atoms with E-state index in [1.54, 1.807) is 11.8 Å².